The van der Waals surface area contributed by atoms with E-state index >= 15 is 0 Å². The molecular weight excluding hydrogens is 281 g/mol. The minimum absolute atomic E-state index is 0.254. The molecule has 0 radical (unpaired) electrons. The molecule has 0 saturated heterocycles. The molecule has 1 aromatic heterocycles. The number of hydrogen-bond acceptors (Lipinski definition) is 3. The zero-order valence-electron chi connectivity index (χ0n) is 12.0. The Labute approximate surface area is 127 Å². The van der Waals surface area contributed by atoms with Gasteiger partial charge in [0.25, 0.3) is 0 Å². The third-order valence-electron chi connectivity index (χ3n) is 3.87. The van der Waals surface area contributed by atoms with E-state index in [1.807, 2.05) is 6.07 Å². The molecule has 2 heterocycles. The number of rotatable bonds is 4. The van der Waals surface area contributed by atoms with Gasteiger partial charge in [0.05, 0.1) is 24.2 Å². The van der Waals surface area contributed by atoms with Crippen LogP contribution in [0.2, 0.25) is 0 Å². The van der Waals surface area contributed by atoms with Crippen molar-refractivity contribution in [3.05, 3.63) is 59.2 Å². The first-order valence-electron chi connectivity index (χ1n) is 7.37. The van der Waals surface area contributed by atoms with Gasteiger partial charge in [0, 0.05) is 13.0 Å². The number of nitrogens with zero attached hydrogens (tertiary/aromatic N) is 1. The molecule has 0 bridgehead atoms. The van der Waals surface area contributed by atoms with Crippen LogP contribution < -0.4 is 10.1 Å². The number of H-pyrrole nitrogens is 1. The molecule has 4 nitrogen and oxygen atoms in total. The largest absolute Gasteiger partial charge is 0.493 e. The Morgan fingerprint density at radius 1 is 1.18 bits per heavy atom. The van der Waals surface area contributed by atoms with Crippen molar-refractivity contribution < 1.29 is 9.13 Å². The minimum Gasteiger partial charge on any atom is -0.493 e. The summed E-state index contributed by atoms with van der Waals surface area (Å²) in [4.78, 5) is 7.57. The van der Waals surface area contributed by atoms with Crippen molar-refractivity contribution in [2.24, 2.45) is 0 Å². The fourth-order valence-electron chi connectivity index (χ4n) is 2.79. The lowest BCUT2D eigenvalue weighted by atomic mass is 10.1. The van der Waals surface area contributed by atoms with Crippen LogP contribution in [0.15, 0.2) is 36.4 Å². The number of nitrogens with one attached hydrogen (secondary N) is 2. The van der Waals surface area contributed by atoms with Crippen molar-refractivity contribution in [1.82, 2.24) is 15.3 Å². The van der Waals surface area contributed by atoms with Crippen molar-refractivity contribution in [1.29, 1.82) is 0 Å². The van der Waals surface area contributed by atoms with Crippen molar-refractivity contribution in [2.45, 2.75) is 19.5 Å². The van der Waals surface area contributed by atoms with Crippen LogP contribution in [-0.4, -0.2) is 16.6 Å². The minimum atomic E-state index is -0.254. The number of fused-ring (bicyclic) bond motifs is 2. The zero-order valence-corrected chi connectivity index (χ0v) is 12.0. The maximum Gasteiger partial charge on any atom is 0.125 e. The topological polar surface area (TPSA) is 49.9 Å². The second-order valence-corrected chi connectivity index (χ2v) is 5.49. The second-order valence-electron chi connectivity index (χ2n) is 5.49. The summed E-state index contributed by atoms with van der Waals surface area (Å²) in [6.07, 6.45) is 0.984. The lowest BCUT2D eigenvalue weighted by Crippen LogP contribution is -2.13. The van der Waals surface area contributed by atoms with Gasteiger partial charge in [-0.05, 0) is 35.4 Å². The standard InChI is InChI=1S/C17H16FN3O/c18-13-2-3-14-15(8-13)21-17(20-14)10-19-9-11-1-4-16-12(7-11)5-6-22-16/h1-4,7-8,19H,5-6,9-10H2,(H,20,21). The lowest BCUT2D eigenvalue weighted by molar-refractivity contribution is 0.357. The Morgan fingerprint density at radius 2 is 2.14 bits per heavy atom. The molecule has 2 aromatic carbocycles. The van der Waals surface area contributed by atoms with Gasteiger partial charge in [0.15, 0.2) is 0 Å². The van der Waals surface area contributed by atoms with Crippen molar-refractivity contribution in [3.63, 3.8) is 0 Å². The number of hydrogen-bond donors (Lipinski definition) is 2. The summed E-state index contributed by atoms with van der Waals surface area (Å²) in [6.45, 7) is 2.16. The van der Waals surface area contributed by atoms with Crippen LogP contribution in [-0.2, 0) is 19.5 Å². The summed E-state index contributed by atoms with van der Waals surface area (Å²) < 4.78 is 18.7. The number of halogens is 1. The molecule has 0 aliphatic carbocycles. The van der Waals surface area contributed by atoms with E-state index in [1.54, 1.807) is 6.07 Å². The van der Waals surface area contributed by atoms with Gasteiger partial charge in [-0.2, -0.15) is 0 Å². The first-order valence-corrected chi connectivity index (χ1v) is 7.37. The van der Waals surface area contributed by atoms with Crippen LogP contribution in [0.3, 0.4) is 0 Å². The third kappa shape index (κ3) is 2.55. The van der Waals surface area contributed by atoms with E-state index in [-0.39, 0.29) is 5.82 Å². The summed E-state index contributed by atoms with van der Waals surface area (Å²) in [6, 6.07) is 10.9. The molecule has 1 aliphatic heterocycles. The fraction of sp³-hybridized carbons (Fsp3) is 0.235. The van der Waals surface area contributed by atoms with Gasteiger partial charge >= 0.3 is 0 Å². The molecule has 0 atom stereocenters. The van der Waals surface area contributed by atoms with Gasteiger partial charge in [0.2, 0.25) is 0 Å². The maximum atomic E-state index is 13.2. The van der Waals surface area contributed by atoms with E-state index in [4.69, 9.17) is 4.74 Å². The van der Waals surface area contributed by atoms with Gasteiger partial charge in [0.1, 0.15) is 17.4 Å². The zero-order chi connectivity index (χ0) is 14.9. The number of imidazole rings is 1. The van der Waals surface area contributed by atoms with Gasteiger partial charge < -0.3 is 15.0 Å². The quantitative estimate of drug-likeness (QED) is 0.778. The summed E-state index contributed by atoms with van der Waals surface area (Å²) in [5.74, 6) is 1.56. The van der Waals surface area contributed by atoms with Crippen LogP contribution in [0.1, 0.15) is 17.0 Å². The average molecular weight is 297 g/mol. The molecular formula is C17H16FN3O. The molecule has 3 aromatic rings. The third-order valence-corrected chi connectivity index (χ3v) is 3.87. The first-order chi connectivity index (χ1) is 10.8. The Kier molecular flexibility index (Phi) is 3.27. The molecule has 0 fully saturated rings. The highest BCUT2D eigenvalue weighted by Gasteiger charge is 2.11. The number of aromatic nitrogens is 2. The van der Waals surface area contributed by atoms with Crippen molar-refractivity contribution in [3.8, 4) is 5.75 Å². The summed E-state index contributed by atoms with van der Waals surface area (Å²) in [7, 11) is 0. The molecule has 5 heteroatoms. The lowest BCUT2D eigenvalue weighted by Gasteiger charge is -2.05. The highest BCUT2D eigenvalue weighted by molar-refractivity contribution is 5.74. The molecule has 4 rings (SSSR count). The van der Waals surface area contributed by atoms with Crippen LogP contribution in [0.5, 0.6) is 5.75 Å². The monoisotopic (exact) mass is 297 g/mol. The van der Waals surface area contributed by atoms with E-state index in [0.29, 0.717) is 6.54 Å². The van der Waals surface area contributed by atoms with Crippen LogP contribution in [0.25, 0.3) is 11.0 Å². The molecule has 2 N–H and O–H groups in total. The summed E-state index contributed by atoms with van der Waals surface area (Å²) >= 11 is 0. The Bertz CT molecular complexity index is 828. The SMILES string of the molecule is Fc1ccc2nc(CNCc3ccc4c(c3)CCO4)[nH]c2c1. The van der Waals surface area contributed by atoms with E-state index in [2.05, 4.69) is 27.4 Å². The highest BCUT2D eigenvalue weighted by Crippen LogP contribution is 2.25. The van der Waals surface area contributed by atoms with E-state index in [0.717, 1.165) is 42.2 Å². The molecule has 0 amide bonds. The van der Waals surface area contributed by atoms with Gasteiger partial charge in [-0.15, -0.1) is 0 Å². The smallest absolute Gasteiger partial charge is 0.125 e. The molecule has 112 valence electrons. The normalized spacial score (nSPS) is 13.3. The van der Waals surface area contributed by atoms with E-state index in [1.165, 1.54) is 23.3 Å². The predicted octanol–water partition coefficient (Wildman–Crippen LogP) is 2.93. The molecule has 22 heavy (non-hydrogen) atoms. The predicted molar refractivity (Wildman–Crippen MR) is 82.2 cm³/mol. The second kappa shape index (κ2) is 5.42. The summed E-state index contributed by atoms with van der Waals surface area (Å²) in [5.41, 5.74) is 4.02. The maximum absolute atomic E-state index is 13.2. The van der Waals surface area contributed by atoms with Crippen molar-refractivity contribution in [2.75, 3.05) is 6.61 Å². The number of aromatic amines is 1. The Balaban J connectivity index is 1.41. The van der Waals surface area contributed by atoms with E-state index < -0.39 is 0 Å². The summed E-state index contributed by atoms with van der Waals surface area (Å²) in [5, 5.41) is 3.36. The molecule has 0 unspecified atom stereocenters. The van der Waals surface area contributed by atoms with Gasteiger partial charge in [-0.1, -0.05) is 12.1 Å². The van der Waals surface area contributed by atoms with E-state index in [9.17, 15) is 4.39 Å². The number of benzene rings is 2. The first kappa shape index (κ1) is 13.3. The highest BCUT2D eigenvalue weighted by atomic mass is 19.1. The van der Waals surface area contributed by atoms with Crippen LogP contribution in [0, 0.1) is 5.82 Å². The van der Waals surface area contributed by atoms with Crippen molar-refractivity contribution >= 4 is 11.0 Å². The van der Waals surface area contributed by atoms with Crippen LogP contribution in [0.4, 0.5) is 4.39 Å². The Hall–Kier alpha value is -2.40. The molecule has 0 spiro atoms. The number of ether oxygens (including phenoxy) is 1. The fourth-order valence-corrected chi connectivity index (χ4v) is 2.79. The average Bonchev–Trinajstić information content (AvgIpc) is 3.12. The van der Waals surface area contributed by atoms with Gasteiger partial charge in [-0.25, -0.2) is 9.37 Å². The Morgan fingerprint density at radius 3 is 3.09 bits per heavy atom. The van der Waals surface area contributed by atoms with Gasteiger partial charge in [-0.3, -0.25) is 0 Å². The van der Waals surface area contributed by atoms with Crippen LogP contribution >= 0.6 is 0 Å². The molecule has 1 aliphatic rings. The molecule has 0 saturated carbocycles.